The van der Waals surface area contributed by atoms with E-state index in [4.69, 9.17) is 16.3 Å². The van der Waals surface area contributed by atoms with Crippen LogP contribution in [0.4, 0.5) is 32.2 Å². The van der Waals surface area contributed by atoms with Crippen LogP contribution < -0.4 is 5.32 Å². The van der Waals surface area contributed by atoms with Gasteiger partial charge in [0.15, 0.2) is 5.69 Å². The second kappa shape index (κ2) is 6.60. The number of carbonyl (C=O) groups excluding carboxylic acids is 1. The van der Waals surface area contributed by atoms with Crippen LogP contribution >= 0.6 is 11.6 Å². The van der Waals surface area contributed by atoms with Gasteiger partial charge >= 0.3 is 12.4 Å². The molecule has 1 aliphatic carbocycles. The van der Waals surface area contributed by atoms with Crippen LogP contribution in [0.3, 0.4) is 0 Å². The molecule has 2 aliphatic heterocycles. The zero-order valence-corrected chi connectivity index (χ0v) is 17.4. The number of hydrogen-bond donors (Lipinski definition) is 2. The van der Waals surface area contributed by atoms with E-state index in [9.17, 15) is 36.2 Å². The Morgan fingerprint density at radius 2 is 2.00 bits per heavy atom. The number of halogens is 7. The molecular formula is C19H15ClF6N4O3. The maximum atomic E-state index is 13.7. The minimum atomic E-state index is -4.83. The van der Waals surface area contributed by atoms with Gasteiger partial charge < -0.3 is 15.2 Å². The van der Waals surface area contributed by atoms with Gasteiger partial charge in [-0.05, 0) is 12.5 Å². The summed E-state index contributed by atoms with van der Waals surface area (Å²) in [4.78, 5) is 17.0. The first-order chi connectivity index (χ1) is 15.2. The highest BCUT2D eigenvalue weighted by molar-refractivity contribution is 6.31. The molecule has 1 saturated carbocycles. The highest BCUT2D eigenvalue weighted by Crippen LogP contribution is 2.78. The van der Waals surface area contributed by atoms with Crippen molar-refractivity contribution in [2.45, 2.75) is 48.9 Å². The molecule has 3 fully saturated rings. The van der Waals surface area contributed by atoms with E-state index < -0.39 is 69.5 Å². The third-order valence-electron chi connectivity index (χ3n) is 6.77. The Labute approximate surface area is 186 Å². The van der Waals surface area contributed by atoms with Crippen molar-refractivity contribution in [1.82, 2.24) is 14.8 Å². The van der Waals surface area contributed by atoms with Gasteiger partial charge in [0.05, 0.1) is 34.3 Å². The standard InChI is InChI=1S/C19H15ClF6N4O3/c1-30-5-8(13(29-30)19(24,25)26)16-6-17(16,11-3-10(31)14(16)33-11)15(32)28-12-2-7(18(21,22)23)9(20)4-27-12/h2,4-5,10-11,14,31H,3,6H2,1H3,(H,27,28,32). The molecule has 2 saturated heterocycles. The number of nitrogens with zero attached hydrogens (tertiary/aromatic N) is 3. The number of aryl methyl sites for hydroxylation is 1. The number of aromatic nitrogens is 3. The lowest BCUT2D eigenvalue weighted by atomic mass is 9.73. The van der Waals surface area contributed by atoms with Crippen LogP contribution in [0.2, 0.25) is 5.02 Å². The van der Waals surface area contributed by atoms with Crippen molar-refractivity contribution in [3.05, 3.63) is 40.3 Å². The number of aliphatic hydroxyl groups excluding tert-OH is 1. The number of nitrogens with one attached hydrogen (secondary N) is 1. The monoisotopic (exact) mass is 496 g/mol. The van der Waals surface area contributed by atoms with Crippen molar-refractivity contribution in [3.63, 3.8) is 0 Å². The Bertz CT molecular complexity index is 1170. The minimum Gasteiger partial charge on any atom is -0.390 e. The number of aliphatic hydroxyl groups is 1. The molecule has 1 amide bonds. The van der Waals surface area contributed by atoms with E-state index in [0.29, 0.717) is 6.07 Å². The fourth-order valence-corrected chi connectivity index (χ4v) is 5.68. The van der Waals surface area contributed by atoms with Crippen molar-refractivity contribution in [2.75, 3.05) is 5.32 Å². The van der Waals surface area contributed by atoms with E-state index in [1.54, 1.807) is 0 Å². The zero-order chi connectivity index (χ0) is 24.1. The normalized spacial score (nSPS) is 32.7. The maximum absolute atomic E-state index is 13.7. The summed E-state index contributed by atoms with van der Waals surface area (Å²) in [5.41, 5.74) is -5.77. The number of anilines is 1. The summed E-state index contributed by atoms with van der Waals surface area (Å²) < 4.78 is 87.3. The second-order valence-electron chi connectivity index (χ2n) is 8.53. The van der Waals surface area contributed by atoms with E-state index in [2.05, 4.69) is 15.4 Å². The first kappa shape index (κ1) is 22.4. The fourth-order valence-electron chi connectivity index (χ4n) is 5.47. The van der Waals surface area contributed by atoms with Gasteiger partial charge in [0.2, 0.25) is 5.91 Å². The maximum Gasteiger partial charge on any atom is 0.435 e. The average molecular weight is 497 g/mol. The molecule has 2 aromatic rings. The van der Waals surface area contributed by atoms with Crippen molar-refractivity contribution >= 4 is 23.3 Å². The van der Waals surface area contributed by atoms with E-state index in [0.717, 1.165) is 17.1 Å². The van der Waals surface area contributed by atoms with Crippen LogP contribution in [0.15, 0.2) is 18.5 Å². The number of amides is 1. The lowest BCUT2D eigenvalue weighted by molar-refractivity contribution is -0.143. The minimum absolute atomic E-state index is 0.00327. The molecule has 2 aromatic heterocycles. The number of ether oxygens (including phenoxy) is 1. The molecule has 7 nitrogen and oxygen atoms in total. The molecule has 33 heavy (non-hydrogen) atoms. The predicted molar refractivity (Wildman–Crippen MR) is 99.1 cm³/mol. The van der Waals surface area contributed by atoms with Gasteiger partial charge in [-0.3, -0.25) is 9.48 Å². The Balaban J connectivity index is 1.55. The molecule has 2 bridgehead atoms. The third-order valence-corrected chi connectivity index (χ3v) is 7.07. The van der Waals surface area contributed by atoms with Crippen LogP contribution in [0.25, 0.3) is 0 Å². The van der Waals surface area contributed by atoms with E-state index in [-0.39, 0.29) is 18.4 Å². The molecule has 0 spiro atoms. The third kappa shape index (κ3) is 2.94. The summed E-state index contributed by atoms with van der Waals surface area (Å²) in [7, 11) is 1.29. The lowest BCUT2D eigenvalue weighted by Crippen LogP contribution is -2.45. The number of pyridine rings is 1. The highest BCUT2D eigenvalue weighted by Gasteiger charge is 2.88. The molecule has 5 atom stereocenters. The fraction of sp³-hybridized carbons (Fsp3) is 0.526. The molecule has 0 aromatic carbocycles. The Morgan fingerprint density at radius 3 is 2.64 bits per heavy atom. The summed E-state index contributed by atoms with van der Waals surface area (Å²) in [6.45, 7) is 0. The summed E-state index contributed by atoms with van der Waals surface area (Å²) in [5, 5.41) is 15.5. The number of rotatable bonds is 3. The Morgan fingerprint density at radius 1 is 1.30 bits per heavy atom. The molecule has 2 N–H and O–H groups in total. The van der Waals surface area contributed by atoms with Gasteiger partial charge in [-0.2, -0.15) is 31.4 Å². The smallest absolute Gasteiger partial charge is 0.390 e. The quantitative estimate of drug-likeness (QED) is 0.637. The van der Waals surface area contributed by atoms with Crippen LogP contribution in [-0.2, 0) is 34.3 Å². The van der Waals surface area contributed by atoms with E-state index >= 15 is 0 Å². The van der Waals surface area contributed by atoms with Crippen molar-refractivity contribution < 1.29 is 41.0 Å². The molecule has 5 unspecified atom stereocenters. The van der Waals surface area contributed by atoms with Crippen molar-refractivity contribution in [3.8, 4) is 0 Å². The second-order valence-corrected chi connectivity index (χ2v) is 8.94. The number of hydrogen-bond acceptors (Lipinski definition) is 5. The van der Waals surface area contributed by atoms with Crippen LogP contribution in [0, 0.1) is 5.41 Å². The average Bonchev–Trinajstić information content (AvgIpc) is 2.92. The molecule has 0 radical (unpaired) electrons. The van der Waals surface area contributed by atoms with Gasteiger partial charge in [0.25, 0.3) is 0 Å². The van der Waals surface area contributed by atoms with E-state index in [1.807, 2.05) is 0 Å². The van der Waals surface area contributed by atoms with Gasteiger partial charge in [-0.1, -0.05) is 11.6 Å². The largest absolute Gasteiger partial charge is 0.435 e. The molecule has 3 aliphatic rings. The first-order valence-corrected chi connectivity index (χ1v) is 10.1. The van der Waals surface area contributed by atoms with Gasteiger partial charge in [-0.15, -0.1) is 0 Å². The SMILES string of the molecule is Cn1cc(C23CC2(C(=O)Nc2cc(C(F)(F)F)c(Cl)cn2)C2CC(O)C3O2)c(C(F)(F)F)n1. The summed E-state index contributed by atoms with van der Waals surface area (Å²) in [5.74, 6) is -1.31. The van der Waals surface area contributed by atoms with E-state index in [1.165, 1.54) is 7.05 Å². The summed E-state index contributed by atoms with van der Waals surface area (Å²) in [6, 6.07) is 0.551. The number of carbonyl (C=O) groups is 1. The number of alkyl halides is 6. The first-order valence-electron chi connectivity index (χ1n) is 9.71. The molecule has 4 heterocycles. The van der Waals surface area contributed by atoms with Gasteiger partial charge in [0.1, 0.15) is 5.82 Å². The molecule has 178 valence electrons. The van der Waals surface area contributed by atoms with Crippen molar-refractivity contribution in [2.24, 2.45) is 12.5 Å². The molecule has 14 heteroatoms. The Kier molecular flexibility index (Phi) is 4.48. The highest BCUT2D eigenvalue weighted by atomic mass is 35.5. The predicted octanol–water partition coefficient (Wildman–Crippen LogP) is 3.30. The summed E-state index contributed by atoms with van der Waals surface area (Å²) >= 11 is 5.55. The topological polar surface area (TPSA) is 89.3 Å². The van der Waals surface area contributed by atoms with Gasteiger partial charge in [-0.25, -0.2) is 4.98 Å². The van der Waals surface area contributed by atoms with Crippen LogP contribution in [-0.4, -0.2) is 44.1 Å². The van der Waals surface area contributed by atoms with Crippen LogP contribution in [0.1, 0.15) is 29.7 Å². The Hall–Kier alpha value is -2.38. The van der Waals surface area contributed by atoms with Crippen molar-refractivity contribution in [1.29, 1.82) is 0 Å². The zero-order valence-electron chi connectivity index (χ0n) is 16.6. The van der Waals surface area contributed by atoms with Gasteiger partial charge in [0, 0.05) is 36.8 Å². The molecule has 5 rings (SSSR count). The lowest BCUT2D eigenvalue weighted by Gasteiger charge is -2.29. The van der Waals surface area contributed by atoms with Crippen LogP contribution in [0.5, 0.6) is 0 Å². The summed E-state index contributed by atoms with van der Waals surface area (Å²) in [6.07, 6.45) is -11.0. The molecular weight excluding hydrogens is 482 g/mol. The number of fused-ring (bicyclic) bond motifs is 5.